The van der Waals surface area contributed by atoms with E-state index in [2.05, 4.69) is 19.1 Å². The van der Waals surface area contributed by atoms with E-state index >= 15 is 0 Å². The Morgan fingerprint density at radius 1 is 0.763 bits per heavy atom. The van der Waals surface area contributed by atoms with Gasteiger partial charge < -0.3 is 23.7 Å². The van der Waals surface area contributed by atoms with E-state index in [1.54, 1.807) is 0 Å². The van der Waals surface area contributed by atoms with E-state index in [0.29, 0.717) is 57.6 Å². The minimum Gasteiger partial charge on any atom is -0.488 e. The van der Waals surface area contributed by atoms with Crippen LogP contribution in [0.15, 0.2) is 18.2 Å². The van der Waals surface area contributed by atoms with Gasteiger partial charge in [0.15, 0.2) is 17.3 Å². The molecule has 2 aromatic carbocycles. The molecule has 0 unspecified atom stereocenters. The number of quaternary nitrogens is 2. The highest BCUT2D eigenvalue weighted by atomic mass is 16.5. The Bertz CT molecular complexity index is 1260. The van der Waals surface area contributed by atoms with Crippen molar-refractivity contribution in [3.63, 3.8) is 0 Å². The van der Waals surface area contributed by atoms with Gasteiger partial charge in [-0.25, -0.2) is 0 Å². The first kappa shape index (κ1) is 24.4. The van der Waals surface area contributed by atoms with Gasteiger partial charge in [-0.2, -0.15) is 0 Å². The first-order valence-electron chi connectivity index (χ1n) is 14.4. The average molecular weight is 523 g/mol. The maximum atomic E-state index is 14.3. The third-order valence-corrected chi connectivity index (χ3v) is 9.15. The first-order valence-corrected chi connectivity index (χ1v) is 14.4. The fraction of sp³-hybridized carbons (Fsp3) is 0.567. The standard InChI is InChI=1S/C30H38N2O6/c1-2-14-36-28-24-23-21-6-3-7-22(23)31(10-17-34-18-11-31)8-4-16-38-30-26(28)32(12-19-35-20-13-32)9-5-15-37-29(30)25(24)27(21)33/h3,6-7H,2,4-5,8-20H2,1H3/q+2. The van der Waals surface area contributed by atoms with Crippen molar-refractivity contribution in [2.24, 2.45) is 0 Å². The molecule has 4 aliphatic heterocycles. The minimum atomic E-state index is 0.0192. The lowest BCUT2D eigenvalue weighted by Crippen LogP contribution is -2.57. The van der Waals surface area contributed by atoms with Crippen molar-refractivity contribution in [2.45, 2.75) is 26.2 Å². The second kappa shape index (κ2) is 9.52. The summed E-state index contributed by atoms with van der Waals surface area (Å²) in [6, 6.07) is 6.27. The molecule has 1 aliphatic carbocycles. The lowest BCUT2D eigenvalue weighted by atomic mass is 9.96. The van der Waals surface area contributed by atoms with E-state index in [9.17, 15) is 4.79 Å². The van der Waals surface area contributed by atoms with E-state index in [4.69, 9.17) is 23.7 Å². The van der Waals surface area contributed by atoms with Gasteiger partial charge in [-0.15, -0.1) is 0 Å². The summed E-state index contributed by atoms with van der Waals surface area (Å²) in [5.41, 5.74) is 5.59. The number of nitrogens with zero attached hydrogens (tertiary/aromatic N) is 2. The van der Waals surface area contributed by atoms with Crippen LogP contribution in [0.3, 0.4) is 0 Å². The van der Waals surface area contributed by atoms with Crippen molar-refractivity contribution in [3.8, 4) is 28.4 Å². The topological polar surface area (TPSA) is 63.2 Å². The Morgan fingerprint density at radius 2 is 1.42 bits per heavy atom. The Kier molecular flexibility index (Phi) is 6.11. The number of ketones is 1. The Hall–Kier alpha value is -2.65. The molecule has 0 amide bonds. The van der Waals surface area contributed by atoms with Crippen molar-refractivity contribution in [1.82, 2.24) is 8.97 Å². The zero-order valence-electron chi connectivity index (χ0n) is 22.4. The molecule has 7 rings (SSSR count). The molecule has 5 aliphatic rings. The normalized spacial score (nSPS) is 22.8. The minimum absolute atomic E-state index is 0.0192. The SMILES string of the molecule is CCCOc1c2c3c4c(c1[N+]1(CCCO4)CCOCC1)OCCC[N+]1(CCOCC1)c1cccc(c1-2)C3=O. The average Bonchev–Trinajstić information content (AvgIpc) is 3.24. The molecule has 38 heavy (non-hydrogen) atoms. The smallest absolute Gasteiger partial charge is 0.227 e. The predicted molar refractivity (Wildman–Crippen MR) is 146 cm³/mol. The van der Waals surface area contributed by atoms with Crippen LogP contribution in [-0.4, -0.2) is 91.3 Å². The summed E-state index contributed by atoms with van der Waals surface area (Å²) in [5, 5.41) is 0. The van der Waals surface area contributed by atoms with Crippen LogP contribution in [0.25, 0.3) is 11.1 Å². The number of fused-ring (bicyclic) bond motifs is 2. The molecule has 0 N–H and O–H groups in total. The number of carbonyl (C=O) groups is 1. The summed E-state index contributed by atoms with van der Waals surface area (Å²) >= 11 is 0. The zero-order valence-corrected chi connectivity index (χ0v) is 22.4. The van der Waals surface area contributed by atoms with Gasteiger partial charge in [0.1, 0.15) is 31.9 Å². The van der Waals surface area contributed by atoms with Crippen LogP contribution < -0.4 is 23.2 Å². The molecule has 8 heteroatoms. The van der Waals surface area contributed by atoms with Crippen molar-refractivity contribution in [2.75, 3.05) is 85.5 Å². The van der Waals surface area contributed by atoms with Crippen LogP contribution in [0.1, 0.15) is 42.1 Å². The van der Waals surface area contributed by atoms with Crippen molar-refractivity contribution >= 4 is 17.2 Å². The molecule has 0 saturated carbocycles. The van der Waals surface area contributed by atoms with Gasteiger partial charge in [-0.1, -0.05) is 13.0 Å². The highest BCUT2D eigenvalue weighted by molar-refractivity contribution is 6.27. The van der Waals surface area contributed by atoms with Gasteiger partial charge in [-0.3, -0.25) is 13.8 Å². The Balaban J connectivity index is 1.60. The van der Waals surface area contributed by atoms with E-state index < -0.39 is 0 Å². The molecule has 4 heterocycles. The molecule has 0 aromatic heterocycles. The molecule has 202 valence electrons. The number of morpholine rings is 2. The molecule has 2 aromatic rings. The maximum absolute atomic E-state index is 14.3. The fourth-order valence-electron chi connectivity index (χ4n) is 7.31. The quantitative estimate of drug-likeness (QED) is 0.486. The number of hydrogen-bond acceptors (Lipinski definition) is 6. The third kappa shape index (κ3) is 3.54. The van der Waals surface area contributed by atoms with Gasteiger partial charge in [0.2, 0.25) is 11.4 Å². The van der Waals surface area contributed by atoms with Crippen LogP contribution in [0, 0.1) is 0 Å². The zero-order chi connectivity index (χ0) is 25.7. The number of benzene rings is 2. The van der Waals surface area contributed by atoms with Crippen molar-refractivity contribution < 1.29 is 28.5 Å². The summed E-state index contributed by atoms with van der Waals surface area (Å²) in [6.45, 7) is 12.0. The van der Waals surface area contributed by atoms with Crippen molar-refractivity contribution in [3.05, 3.63) is 29.3 Å². The van der Waals surface area contributed by atoms with Crippen LogP contribution >= 0.6 is 0 Å². The second-order valence-electron chi connectivity index (χ2n) is 11.2. The summed E-state index contributed by atoms with van der Waals surface area (Å²) in [7, 11) is 0. The lowest BCUT2D eigenvalue weighted by molar-refractivity contribution is 0.0334. The third-order valence-electron chi connectivity index (χ3n) is 9.15. The summed E-state index contributed by atoms with van der Waals surface area (Å²) in [6.07, 6.45) is 2.68. The number of carbonyl (C=O) groups excluding carboxylic acids is 1. The fourth-order valence-corrected chi connectivity index (χ4v) is 7.31. The highest BCUT2D eigenvalue weighted by Crippen LogP contribution is 2.61. The summed E-state index contributed by atoms with van der Waals surface area (Å²) in [5.74, 6) is 2.17. The van der Waals surface area contributed by atoms with Gasteiger partial charge in [0, 0.05) is 18.4 Å². The predicted octanol–water partition coefficient (Wildman–Crippen LogP) is 3.93. The highest BCUT2D eigenvalue weighted by Gasteiger charge is 2.50. The summed E-state index contributed by atoms with van der Waals surface area (Å²) in [4.78, 5) is 14.3. The largest absolute Gasteiger partial charge is 0.488 e. The number of hydrogen-bond donors (Lipinski definition) is 0. The van der Waals surface area contributed by atoms with Crippen LogP contribution in [0.2, 0.25) is 0 Å². The maximum Gasteiger partial charge on any atom is 0.227 e. The second-order valence-corrected chi connectivity index (χ2v) is 11.2. The van der Waals surface area contributed by atoms with E-state index in [-0.39, 0.29) is 5.78 Å². The van der Waals surface area contributed by atoms with Crippen molar-refractivity contribution in [1.29, 1.82) is 0 Å². The van der Waals surface area contributed by atoms with Crippen LogP contribution in [-0.2, 0) is 9.47 Å². The molecule has 2 spiro atoms. The molecule has 2 fully saturated rings. The van der Waals surface area contributed by atoms with Gasteiger partial charge >= 0.3 is 0 Å². The number of rotatable bonds is 3. The van der Waals surface area contributed by atoms with E-state index in [1.807, 2.05) is 6.07 Å². The molecule has 6 bridgehead atoms. The molecular weight excluding hydrogens is 484 g/mol. The molecule has 8 nitrogen and oxygen atoms in total. The van der Waals surface area contributed by atoms with E-state index in [1.165, 1.54) is 5.69 Å². The van der Waals surface area contributed by atoms with Crippen LogP contribution in [0.5, 0.6) is 17.2 Å². The molecule has 0 radical (unpaired) electrons. The Morgan fingerprint density at radius 3 is 2.13 bits per heavy atom. The van der Waals surface area contributed by atoms with Crippen LogP contribution in [0.4, 0.5) is 11.4 Å². The summed E-state index contributed by atoms with van der Waals surface area (Å²) < 4.78 is 33.2. The number of ether oxygens (including phenoxy) is 5. The lowest BCUT2D eigenvalue weighted by Gasteiger charge is -2.43. The molecule has 2 saturated heterocycles. The Labute approximate surface area is 224 Å². The van der Waals surface area contributed by atoms with Gasteiger partial charge in [0.25, 0.3) is 0 Å². The van der Waals surface area contributed by atoms with Gasteiger partial charge in [0.05, 0.1) is 76.0 Å². The molecular formula is C30H38N2O6+2. The monoisotopic (exact) mass is 522 g/mol. The first-order chi connectivity index (χ1) is 18.7. The van der Waals surface area contributed by atoms with Gasteiger partial charge in [-0.05, 0) is 18.6 Å². The molecule has 0 atom stereocenters. The van der Waals surface area contributed by atoms with E-state index in [0.717, 1.165) is 101 Å².